The van der Waals surface area contributed by atoms with E-state index in [1.54, 1.807) is 14.2 Å². The number of fused-ring (bicyclic) bond motifs is 1. The molecular weight excluding hydrogens is 394 g/mol. The van der Waals surface area contributed by atoms with E-state index in [0.29, 0.717) is 36.9 Å². The summed E-state index contributed by atoms with van der Waals surface area (Å²) >= 11 is 0. The molecule has 0 fully saturated rings. The molecular formula is C25H27NO5. The van der Waals surface area contributed by atoms with Crippen molar-refractivity contribution >= 4 is 0 Å². The summed E-state index contributed by atoms with van der Waals surface area (Å²) in [7, 11) is 3.23. The molecule has 162 valence electrons. The predicted octanol–water partition coefficient (Wildman–Crippen LogP) is 4.25. The molecule has 1 aliphatic rings. The van der Waals surface area contributed by atoms with Crippen LogP contribution in [0.5, 0.6) is 28.7 Å². The van der Waals surface area contributed by atoms with Gasteiger partial charge in [-0.3, -0.25) is 0 Å². The predicted molar refractivity (Wildman–Crippen MR) is 119 cm³/mol. The molecule has 31 heavy (non-hydrogen) atoms. The van der Waals surface area contributed by atoms with Gasteiger partial charge in [-0.15, -0.1) is 0 Å². The Labute approximate surface area is 182 Å². The SMILES string of the molecule is COc1cccc(OC)c1OCCNC[C@H]1Oc2ccccc2O[C@@H]1c1ccccc1. The van der Waals surface area contributed by atoms with Crippen molar-refractivity contribution in [3.63, 3.8) is 0 Å². The van der Waals surface area contributed by atoms with E-state index in [9.17, 15) is 0 Å². The van der Waals surface area contributed by atoms with E-state index in [4.69, 9.17) is 23.7 Å². The van der Waals surface area contributed by atoms with E-state index in [2.05, 4.69) is 17.4 Å². The number of hydrogen-bond acceptors (Lipinski definition) is 6. The van der Waals surface area contributed by atoms with E-state index >= 15 is 0 Å². The van der Waals surface area contributed by atoms with Crippen molar-refractivity contribution in [2.24, 2.45) is 0 Å². The van der Waals surface area contributed by atoms with Crippen molar-refractivity contribution in [3.05, 3.63) is 78.4 Å². The quantitative estimate of drug-likeness (QED) is 0.521. The number of nitrogens with one attached hydrogen (secondary N) is 1. The van der Waals surface area contributed by atoms with Gasteiger partial charge in [0.2, 0.25) is 5.75 Å². The van der Waals surface area contributed by atoms with Gasteiger partial charge in [0.05, 0.1) is 14.2 Å². The highest BCUT2D eigenvalue weighted by Crippen LogP contribution is 2.39. The minimum atomic E-state index is -0.196. The van der Waals surface area contributed by atoms with E-state index < -0.39 is 0 Å². The maximum atomic E-state index is 6.29. The molecule has 1 N–H and O–H groups in total. The van der Waals surface area contributed by atoms with Crippen LogP contribution in [0.2, 0.25) is 0 Å². The van der Waals surface area contributed by atoms with E-state index in [1.165, 1.54) is 0 Å². The Bertz CT molecular complexity index is 956. The Kier molecular flexibility index (Phi) is 6.79. The molecule has 2 atom stereocenters. The molecule has 0 aliphatic carbocycles. The van der Waals surface area contributed by atoms with Crippen LogP contribution in [-0.4, -0.2) is 40.0 Å². The Morgan fingerprint density at radius 1 is 0.774 bits per heavy atom. The maximum Gasteiger partial charge on any atom is 0.203 e. The zero-order chi connectivity index (χ0) is 21.5. The number of rotatable bonds is 9. The lowest BCUT2D eigenvalue weighted by Crippen LogP contribution is -2.42. The lowest BCUT2D eigenvalue weighted by Gasteiger charge is -2.34. The van der Waals surface area contributed by atoms with Gasteiger partial charge in [-0.25, -0.2) is 0 Å². The highest BCUT2D eigenvalue weighted by molar-refractivity contribution is 5.51. The van der Waals surface area contributed by atoms with E-state index in [0.717, 1.165) is 17.1 Å². The van der Waals surface area contributed by atoms with Crippen molar-refractivity contribution in [2.75, 3.05) is 33.9 Å². The lowest BCUT2D eigenvalue weighted by molar-refractivity contribution is 0.0198. The molecule has 0 radical (unpaired) electrons. The smallest absolute Gasteiger partial charge is 0.203 e. The average molecular weight is 421 g/mol. The van der Waals surface area contributed by atoms with Crippen molar-refractivity contribution in [1.29, 1.82) is 0 Å². The van der Waals surface area contributed by atoms with Crippen LogP contribution in [0.25, 0.3) is 0 Å². The average Bonchev–Trinajstić information content (AvgIpc) is 2.83. The Hall–Kier alpha value is -3.38. The molecule has 6 heteroatoms. The zero-order valence-corrected chi connectivity index (χ0v) is 17.7. The van der Waals surface area contributed by atoms with Gasteiger partial charge in [-0.05, 0) is 29.8 Å². The van der Waals surface area contributed by atoms with Gasteiger partial charge in [-0.1, -0.05) is 48.5 Å². The van der Waals surface area contributed by atoms with Gasteiger partial charge in [0.15, 0.2) is 35.2 Å². The molecule has 0 unspecified atom stereocenters. The van der Waals surface area contributed by atoms with Gasteiger partial charge in [0.1, 0.15) is 6.61 Å². The Morgan fingerprint density at radius 2 is 1.42 bits per heavy atom. The van der Waals surface area contributed by atoms with Gasteiger partial charge in [0.25, 0.3) is 0 Å². The largest absolute Gasteiger partial charge is 0.493 e. The number of para-hydroxylation sites is 3. The van der Waals surface area contributed by atoms with Gasteiger partial charge in [0, 0.05) is 13.1 Å². The first-order valence-electron chi connectivity index (χ1n) is 10.3. The van der Waals surface area contributed by atoms with Crippen LogP contribution in [0, 0.1) is 0 Å². The first-order chi connectivity index (χ1) is 15.3. The monoisotopic (exact) mass is 421 g/mol. The molecule has 0 spiro atoms. The second kappa shape index (κ2) is 10.1. The Balaban J connectivity index is 1.37. The topological polar surface area (TPSA) is 58.2 Å². The van der Waals surface area contributed by atoms with Crippen LogP contribution < -0.4 is 29.0 Å². The van der Waals surface area contributed by atoms with Crippen LogP contribution in [0.3, 0.4) is 0 Å². The summed E-state index contributed by atoms with van der Waals surface area (Å²) in [5.41, 5.74) is 1.08. The molecule has 0 amide bonds. The number of methoxy groups -OCH3 is 2. The van der Waals surface area contributed by atoms with Crippen molar-refractivity contribution in [3.8, 4) is 28.7 Å². The summed E-state index contributed by atoms with van der Waals surface area (Å²) in [5.74, 6) is 3.41. The first-order valence-corrected chi connectivity index (χ1v) is 10.3. The molecule has 0 aromatic heterocycles. The summed E-state index contributed by atoms with van der Waals surface area (Å²) in [6.07, 6.45) is -0.364. The second-order valence-electron chi connectivity index (χ2n) is 7.10. The van der Waals surface area contributed by atoms with Crippen LogP contribution in [0.15, 0.2) is 72.8 Å². The Morgan fingerprint density at radius 3 is 2.10 bits per heavy atom. The third-order valence-electron chi connectivity index (χ3n) is 5.10. The van der Waals surface area contributed by atoms with E-state index in [1.807, 2.05) is 60.7 Å². The van der Waals surface area contributed by atoms with Gasteiger partial charge >= 0.3 is 0 Å². The van der Waals surface area contributed by atoms with Crippen LogP contribution >= 0.6 is 0 Å². The molecule has 4 rings (SSSR count). The molecule has 0 saturated heterocycles. The molecule has 1 aliphatic heterocycles. The summed E-state index contributed by atoms with van der Waals surface area (Å²) in [4.78, 5) is 0. The number of hydrogen-bond donors (Lipinski definition) is 1. The van der Waals surface area contributed by atoms with Crippen LogP contribution in [0.1, 0.15) is 11.7 Å². The third-order valence-corrected chi connectivity index (χ3v) is 5.10. The molecule has 3 aromatic carbocycles. The fourth-order valence-corrected chi connectivity index (χ4v) is 3.59. The van der Waals surface area contributed by atoms with Crippen LogP contribution in [0.4, 0.5) is 0 Å². The molecule has 3 aromatic rings. The lowest BCUT2D eigenvalue weighted by atomic mass is 10.0. The number of ether oxygens (including phenoxy) is 5. The van der Waals surface area contributed by atoms with Gasteiger partial charge < -0.3 is 29.0 Å². The molecule has 0 bridgehead atoms. The second-order valence-corrected chi connectivity index (χ2v) is 7.10. The standard InChI is InChI=1S/C25H27NO5/c1-27-21-13-8-14-22(28-2)25(21)29-16-15-26-17-23-24(18-9-4-3-5-10-18)31-20-12-7-6-11-19(20)30-23/h3-14,23-24,26H,15-17H2,1-2H3/t23-,24-/m1/s1. The summed E-state index contributed by atoms with van der Waals surface area (Å²) in [5, 5.41) is 3.42. The third kappa shape index (κ3) is 4.86. The maximum absolute atomic E-state index is 6.29. The highest BCUT2D eigenvalue weighted by Gasteiger charge is 2.32. The van der Waals surface area contributed by atoms with Crippen molar-refractivity contribution < 1.29 is 23.7 Å². The zero-order valence-electron chi connectivity index (χ0n) is 17.7. The normalized spacial score (nSPS) is 17.1. The highest BCUT2D eigenvalue weighted by atomic mass is 16.6. The minimum absolute atomic E-state index is 0.168. The fraction of sp³-hybridized carbons (Fsp3) is 0.280. The van der Waals surface area contributed by atoms with Crippen molar-refractivity contribution in [2.45, 2.75) is 12.2 Å². The summed E-state index contributed by atoms with van der Waals surface area (Å²) < 4.78 is 29.2. The first kappa shape index (κ1) is 20.9. The van der Waals surface area contributed by atoms with E-state index in [-0.39, 0.29) is 12.2 Å². The summed E-state index contributed by atoms with van der Waals surface area (Å²) in [6.45, 7) is 1.70. The molecule has 0 saturated carbocycles. The van der Waals surface area contributed by atoms with Crippen molar-refractivity contribution in [1.82, 2.24) is 5.32 Å². The van der Waals surface area contributed by atoms with Gasteiger partial charge in [-0.2, -0.15) is 0 Å². The summed E-state index contributed by atoms with van der Waals surface area (Å²) in [6, 6.07) is 23.5. The van der Waals surface area contributed by atoms with Crippen LogP contribution in [-0.2, 0) is 0 Å². The molecule has 1 heterocycles. The number of benzene rings is 3. The molecule has 6 nitrogen and oxygen atoms in total. The fourth-order valence-electron chi connectivity index (χ4n) is 3.59. The minimum Gasteiger partial charge on any atom is -0.493 e.